The zero-order chi connectivity index (χ0) is 15.5. The van der Waals surface area contributed by atoms with Crippen LogP contribution in [0.25, 0.3) is 0 Å². The van der Waals surface area contributed by atoms with Crippen LogP contribution in [0.5, 0.6) is 0 Å². The molecule has 22 heavy (non-hydrogen) atoms. The Kier molecular flexibility index (Phi) is 5.03. The lowest BCUT2D eigenvalue weighted by atomic mass is 9.80. The molecule has 0 radical (unpaired) electrons. The summed E-state index contributed by atoms with van der Waals surface area (Å²) < 4.78 is 0. The van der Waals surface area contributed by atoms with E-state index in [1.807, 2.05) is 12.2 Å². The molecule has 1 aliphatic heterocycles. The second-order valence-corrected chi connectivity index (χ2v) is 6.89. The molecule has 0 aromatic rings. The van der Waals surface area contributed by atoms with E-state index in [9.17, 15) is 0 Å². The van der Waals surface area contributed by atoms with E-state index in [0.29, 0.717) is 0 Å². The lowest BCUT2D eigenvalue weighted by Gasteiger charge is -2.51. The monoisotopic (exact) mass is 308 g/mol. The summed E-state index contributed by atoms with van der Waals surface area (Å²) in [5.41, 5.74) is 0. The Labute approximate surface area is 133 Å². The van der Waals surface area contributed by atoms with Crippen molar-refractivity contribution < 1.29 is 19.6 Å². The van der Waals surface area contributed by atoms with Gasteiger partial charge in [0.2, 0.25) is 11.6 Å². The van der Waals surface area contributed by atoms with Crippen molar-refractivity contribution in [3.05, 3.63) is 25.3 Å². The molecule has 2 atom stereocenters. The van der Waals surface area contributed by atoms with Gasteiger partial charge in [0.05, 0.1) is 0 Å². The Morgan fingerprint density at radius 3 is 1.50 bits per heavy atom. The topological polar surface area (TPSA) is 36.9 Å². The molecule has 0 aromatic carbocycles. The van der Waals surface area contributed by atoms with E-state index in [1.165, 1.54) is 12.8 Å². The summed E-state index contributed by atoms with van der Waals surface area (Å²) in [6.45, 7) is 7.70. The lowest BCUT2D eigenvalue weighted by Crippen LogP contribution is -2.58. The van der Waals surface area contributed by atoms with Crippen LogP contribution in [0, 0.1) is 11.8 Å². The molecule has 124 valence electrons. The first-order chi connectivity index (χ1) is 10.7. The van der Waals surface area contributed by atoms with E-state index in [2.05, 4.69) is 13.2 Å². The number of rotatable bonds is 4. The van der Waals surface area contributed by atoms with Gasteiger partial charge in [-0.3, -0.25) is 0 Å². The smallest absolute Gasteiger partial charge is 0.195 e. The summed E-state index contributed by atoms with van der Waals surface area (Å²) in [4.78, 5) is 23.6. The molecule has 0 unspecified atom stereocenters. The first kappa shape index (κ1) is 16.2. The Bertz CT molecular complexity index is 360. The molecule has 0 bridgehead atoms. The SMILES string of the molecule is C=CC[C@@H]1CCCCC12OOC1(CCCC[C@@H]1CC=C)OO2. The van der Waals surface area contributed by atoms with E-state index >= 15 is 0 Å². The molecule has 3 fully saturated rings. The largest absolute Gasteiger partial charge is 0.237 e. The van der Waals surface area contributed by atoms with Crippen molar-refractivity contribution in [3.63, 3.8) is 0 Å². The highest BCUT2D eigenvalue weighted by molar-refractivity contribution is 4.91. The molecule has 4 heteroatoms. The van der Waals surface area contributed by atoms with E-state index in [1.54, 1.807) is 0 Å². The molecule has 1 heterocycles. The minimum absolute atomic E-state index is 0.248. The third kappa shape index (κ3) is 2.90. The fourth-order valence-electron chi connectivity index (χ4n) is 4.12. The van der Waals surface area contributed by atoms with Crippen LogP contribution in [0.3, 0.4) is 0 Å². The zero-order valence-corrected chi connectivity index (χ0v) is 13.4. The van der Waals surface area contributed by atoms with E-state index in [-0.39, 0.29) is 11.8 Å². The molecule has 1 saturated heterocycles. The van der Waals surface area contributed by atoms with Gasteiger partial charge in [-0.05, 0) is 38.5 Å². The van der Waals surface area contributed by atoms with Gasteiger partial charge in [0.1, 0.15) is 0 Å². The predicted octanol–water partition coefficient (Wildman–Crippen LogP) is 4.82. The average Bonchev–Trinajstić information content (AvgIpc) is 2.55. The standard InChI is InChI=1S/C18H28O4/c1-3-9-15-11-5-7-13-17(15)19-21-18(22-20-17)14-8-6-12-16(18)10-4-2/h3-4,15-16H,1-2,5-14H2/t15-,16+,17?,18?. The van der Waals surface area contributed by atoms with Gasteiger partial charge in [-0.2, -0.15) is 19.6 Å². The Morgan fingerprint density at radius 1 is 0.727 bits per heavy atom. The maximum atomic E-state index is 5.91. The van der Waals surface area contributed by atoms with E-state index < -0.39 is 11.6 Å². The fourth-order valence-corrected chi connectivity index (χ4v) is 4.12. The minimum Gasteiger partial charge on any atom is -0.195 e. The van der Waals surface area contributed by atoms with Crippen LogP contribution in [0.15, 0.2) is 25.3 Å². The molecular weight excluding hydrogens is 280 g/mol. The molecule has 3 aliphatic rings. The van der Waals surface area contributed by atoms with Gasteiger partial charge >= 0.3 is 0 Å². The van der Waals surface area contributed by atoms with E-state index in [4.69, 9.17) is 19.6 Å². The molecule has 0 aromatic heterocycles. The molecule has 2 spiro atoms. The maximum Gasteiger partial charge on any atom is 0.237 e. The second kappa shape index (κ2) is 6.83. The van der Waals surface area contributed by atoms with Gasteiger partial charge in [-0.1, -0.05) is 25.0 Å². The molecular formula is C18H28O4. The van der Waals surface area contributed by atoms with Crippen molar-refractivity contribution in [2.24, 2.45) is 11.8 Å². The van der Waals surface area contributed by atoms with Crippen molar-refractivity contribution in [1.82, 2.24) is 0 Å². The van der Waals surface area contributed by atoms with Crippen molar-refractivity contribution in [2.45, 2.75) is 75.8 Å². The summed E-state index contributed by atoms with van der Waals surface area (Å²) in [7, 11) is 0. The lowest BCUT2D eigenvalue weighted by molar-refractivity contribution is -0.675. The van der Waals surface area contributed by atoms with Crippen LogP contribution >= 0.6 is 0 Å². The fraction of sp³-hybridized carbons (Fsp3) is 0.778. The van der Waals surface area contributed by atoms with Crippen molar-refractivity contribution in [3.8, 4) is 0 Å². The average molecular weight is 308 g/mol. The van der Waals surface area contributed by atoms with Gasteiger partial charge in [0.25, 0.3) is 0 Å². The Hall–Kier alpha value is -0.680. The van der Waals surface area contributed by atoms with Crippen LogP contribution in [-0.4, -0.2) is 11.6 Å². The molecule has 0 N–H and O–H groups in total. The molecule has 2 aliphatic carbocycles. The first-order valence-corrected chi connectivity index (χ1v) is 8.70. The third-order valence-electron chi connectivity index (χ3n) is 5.45. The van der Waals surface area contributed by atoms with Crippen molar-refractivity contribution in [2.75, 3.05) is 0 Å². The normalized spacial score (nSPS) is 42.4. The summed E-state index contributed by atoms with van der Waals surface area (Å²) in [6, 6.07) is 0. The highest BCUT2D eigenvalue weighted by Crippen LogP contribution is 2.49. The van der Waals surface area contributed by atoms with Gasteiger partial charge < -0.3 is 0 Å². The minimum atomic E-state index is -0.756. The summed E-state index contributed by atoms with van der Waals surface area (Å²) in [6.07, 6.45) is 13.8. The third-order valence-corrected chi connectivity index (χ3v) is 5.45. The highest BCUT2D eigenvalue weighted by atomic mass is 17.4. The molecule has 4 nitrogen and oxygen atoms in total. The highest BCUT2D eigenvalue weighted by Gasteiger charge is 2.56. The second-order valence-electron chi connectivity index (χ2n) is 6.89. The summed E-state index contributed by atoms with van der Waals surface area (Å²) in [5.74, 6) is -1.02. The van der Waals surface area contributed by atoms with Crippen LogP contribution in [0.1, 0.15) is 64.2 Å². The van der Waals surface area contributed by atoms with Crippen molar-refractivity contribution >= 4 is 0 Å². The van der Waals surface area contributed by atoms with Crippen LogP contribution in [0.4, 0.5) is 0 Å². The van der Waals surface area contributed by atoms with E-state index in [0.717, 1.165) is 51.4 Å². The van der Waals surface area contributed by atoms with Gasteiger partial charge in [0.15, 0.2) is 0 Å². The molecule has 3 rings (SSSR count). The van der Waals surface area contributed by atoms with Crippen molar-refractivity contribution in [1.29, 1.82) is 0 Å². The molecule has 2 saturated carbocycles. The Balaban J connectivity index is 1.72. The number of allylic oxidation sites excluding steroid dienone is 2. The maximum absolute atomic E-state index is 5.91. The van der Waals surface area contributed by atoms with Crippen LogP contribution in [0.2, 0.25) is 0 Å². The van der Waals surface area contributed by atoms with Gasteiger partial charge in [-0.15, -0.1) is 13.2 Å². The van der Waals surface area contributed by atoms with Gasteiger partial charge in [0, 0.05) is 24.7 Å². The summed E-state index contributed by atoms with van der Waals surface area (Å²) in [5, 5.41) is 0. The number of hydrogen-bond acceptors (Lipinski definition) is 4. The summed E-state index contributed by atoms with van der Waals surface area (Å²) >= 11 is 0. The quantitative estimate of drug-likeness (QED) is 0.551. The van der Waals surface area contributed by atoms with Gasteiger partial charge in [-0.25, -0.2) is 0 Å². The van der Waals surface area contributed by atoms with Crippen LogP contribution in [-0.2, 0) is 19.6 Å². The van der Waals surface area contributed by atoms with Crippen LogP contribution < -0.4 is 0 Å². The Morgan fingerprint density at radius 2 is 1.14 bits per heavy atom. The molecule has 0 amide bonds. The number of hydrogen-bond donors (Lipinski definition) is 0. The first-order valence-electron chi connectivity index (χ1n) is 8.70. The zero-order valence-electron chi connectivity index (χ0n) is 13.4. The predicted molar refractivity (Wildman–Crippen MR) is 83.3 cm³/mol.